The molecule has 2 heterocycles. The van der Waals surface area contributed by atoms with Gasteiger partial charge < -0.3 is 9.47 Å². The fraction of sp³-hybridized carbons (Fsp3) is 0.538. The van der Waals surface area contributed by atoms with Gasteiger partial charge in [-0.25, -0.2) is 0 Å². The maximum Gasteiger partial charge on any atom is 0.0727 e. The number of ether oxygens (including phenoxy) is 2. The average molecular weight is 204 g/mol. The summed E-state index contributed by atoms with van der Waals surface area (Å²) < 4.78 is 11.1. The fourth-order valence-corrected chi connectivity index (χ4v) is 2.50. The van der Waals surface area contributed by atoms with Gasteiger partial charge in [-0.05, 0) is 41.5 Å². The lowest BCUT2D eigenvalue weighted by Crippen LogP contribution is -2.07. The molecule has 1 aromatic carbocycles. The Balaban J connectivity index is 2.04. The molecule has 0 amide bonds. The first-order valence-corrected chi connectivity index (χ1v) is 5.73. The third kappa shape index (κ3) is 1.68. The monoisotopic (exact) mass is 204 g/mol. The third-order valence-corrected chi connectivity index (χ3v) is 3.35. The summed E-state index contributed by atoms with van der Waals surface area (Å²) in [6, 6.07) is 4.42. The van der Waals surface area contributed by atoms with Gasteiger partial charge in [-0.2, -0.15) is 0 Å². The molecule has 2 nitrogen and oxygen atoms in total. The Labute approximate surface area is 90.2 Å². The molecule has 2 aliphatic heterocycles. The van der Waals surface area contributed by atoms with E-state index in [0.29, 0.717) is 0 Å². The number of hydrogen-bond donors (Lipinski definition) is 0. The molecule has 2 heteroatoms. The van der Waals surface area contributed by atoms with Gasteiger partial charge in [-0.1, -0.05) is 12.1 Å². The minimum Gasteiger partial charge on any atom is -0.377 e. The van der Waals surface area contributed by atoms with E-state index in [2.05, 4.69) is 12.1 Å². The van der Waals surface area contributed by atoms with Crippen molar-refractivity contribution in [3.8, 4) is 0 Å². The number of benzene rings is 1. The van der Waals surface area contributed by atoms with Gasteiger partial charge in [0.25, 0.3) is 0 Å². The Bertz CT molecular complexity index is 371. The van der Waals surface area contributed by atoms with Crippen molar-refractivity contribution in [2.24, 2.45) is 0 Å². The molecule has 1 aromatic rings. The van der Waals surface area contributed by atoms with Crippen LogP contribution in [0.25, 0.3) is 0 Å². The topological polar surface area (TPSA) is 18.5 Å². The number of rotatable bonds is 0. The quantitative estimate of drug-likeness (QED) is 0.646. The van der Waals surface area contributed by atoms with Gasteiger partial charge in [0.1, 0.15) is 0 Å². The summed E-state index contributed by atoms with van der Waals surface area (Å²) >= 11 is 0. The molecular weight excluding hydrogens is 188 g/mol. The van der Waals surface area contributed by atoms with Crippen molar-refractivity contribution in [2.45, 2.75) is 39.1 Å². The first-order valence-electron chi connectivity index (χ1n) is 5.73. The van der Waals surface area contributed by atoms with E-state index in [1.165, 1.54) is 41.5 Å². The predicted molar refractivity (Wildman–Crippen MR) is 57.5 cm³/mol. The normalized spacial score (nSPS) is 20.3. The zero-order chi connectivity index (χ0) is 10.1. The fourth-order valence-electron chi connectivity index (χ4n) is 2.50. The average Bonchev–Trinajstić information content (AvgIpc) is 2.65. The Morgan fingerprint density at radius 2 is 1.60 bits per heavy atom. The molecule has 0 atom stereocenters. The van der Waals surface area contributed by atoms with Gasteiger partial charge in [0.15, 0.2) is 0 Å². The summed E-state index contributed by atoms with van der Waals surface area (Å²) in [5.41, 5.74) is 5.70. The van der Waals surface area contributed by atoms with Crippen LogP contribution in [0, 0.1) is 0 Å². The molecule has 15 heavy (non-hydrogen) atoms. The smallest absolute Gasteiger partial charge is 0.0727 e. The lowest BCUT2D eigenvalue weighted by Gasteiger charge is -2.17. The summed E-state index contributed by atoms with van der Waals surface area (Å²) in [6.07, 6.45) is 3.62. The molecule has 0 fully saturated rings. The molecule has 0 spiro atoms. The second-order valence-corrected chi connectivity index (χ2v) is 4.34. The molecule has 80 valence electrons. The highest BCUT2D eigenvalue weighted by atomic mass is 16.5. The van der Waals surface area contributed by atoms with E-state index in [0.717, 1.165) is 26.4 Å². The third-order valence-electron chi connectivity index (χ3n) is 3.35. The molecule has 3 rings (SSSR count). The van der Waals surface area contributed by atoms with E-state index in [1.807, 2.05) is 0 Å². The molecule has 0 aliphatic carbocycles. The van der Waals surface area contributed by atoms with Gasteiger partial charge in [-0.15, -0.1) is 0 Å². The van der Waals surface area contributed by atoms with E-state index in [1.54, 1.807) is 0 Å². The van der Waals surface area contributed by atoms with Gasteiger partial charge in [0.2, 0.25) is 0 Å². The van der Waals surface area contributed by atoms with Gasteiger partial charge in [0, 0.05) is 6.61 Å². The van der Waals surface area contributed by atoms with Crippen molar-refractivity contribution in [1.82, 2.24) is 0 Å². The summed E-state index contributed by atoms with van der Waals surface area (Å²) in [6.45, 7) is 3.29. The van der Waals surface area contributed by atoms with Crippen molar-refractivity contribution in [1.29, 1.82) is 0 Å². The van der Waals surface area contributed by atoms with Crippen LogP contribution >= 0.6 is 0 Å². The Hall–Kier alpha value is -0.860. The van der Waals surface area contributed by atoms with Crippen LogP contribution in [0.15, 0.2) is 12.1 Å². The lowest BCUT2D eigenvalue weighted by atomic mass is 9.93. The van der Waals surface area contributed by atoms with E-state index in [-0.39, 0.29) is 0 Å². The minimum atomic E-state index is 0.780. The van der Waals surface area contributed by atoms with E-state index in [9.17, 15) is 0 Å². The first kappa shape index (κ1) is 9.37. The second-order valence-electron chi connectivity index (χ2n) is 4.34. The summed E-state index contributed by atoms with van der Waals surface area (Å²) in [4.78, 5) is 0. The first-order chi connectivity index (χ1) is 7.45. The van der Waals surface area contributed by atoms with E-state index >= 15 is 0 Å². The van der Waals surface area contributed by atoms with E-state index < -0.39 is 0 Å². The van der Waals surface area contributed by atoms with E-state index in [4.69, 9.17) is 9.47 Å². The van der Waals surface area contributed by atoms with Crippen LogP contribution in [0.5, 0.6) is 0 Å². The lowest BCUT2D eigenvalue weighted by molar-refractivity contribution is 0.112. The van der Waals surface area contributed by atoms with Crippen molar-refractivity contribution in [3.63, 3.8) is 0 Å². The Morgan fingerprint density at radius 3 is 2.53 bits per heavy atom. The van der Waals surface area contributed by atoms with Crippen LogP contribution in [0.4, 0.5) is 0 Å². The van der Waals surface area contributed by atoms with Crippen LogP contribution < -0.4 is 0 Å². The van der Waals surface area contributed by atoms with Crippen LogP contribution in [-0.4, -0.2) is 6.61 Å². The minimum absolute atomic E-state index is 0.780. The van der Waals surface area contributed by atoms with Crippen molar-refractivity contribution in [2.75, 3.05) is 6.61 Å². The Kier molecular flexibility index (Phi) is 2.47. The van der Waals surface area contributed by atoms with Crippen LogP contribution in [0.2, 0.25) is 0 Å². The molecule has 0 unspecified atom stereocenters. The van der Waals surface area contributed by atoms with Crippen LogP contribution in [0.1, 0.15) is 35.1 Å². The molecule has 0 saturated carbocycles. The van der Waals surface area contributed by atoms with Crippen molar-refractivity contribution >= 4 is 0 Å². The van der Waals surface area contributed by atoms with Gasteiger partial charge >= 0.3 is 0 Å². The summed E-state index contributed by atoms with van der Waals surface area (Å²) in [7, 11) is 0. The Morgan fingerprint density at radius 1 is 0.800 bits per heavy atom. The van der Waals surface area contributed by atoms with Crippen molar-refractivity contribution < 1.29 is 9.47 Å². The molecular formula is C13H16O2. The highest BCUT2D eigenvalue weighted by Gasteiger charge is 2.18. The molecule has 0 saturated heterocycles. The standard InChI is InChI=1S/C13H16O2/c1-2-6-14-7-10-4-5-11-8-15-9-13(11)12(10)3-1/h4-5H,1-3,6-9H2. The maximum absolute atomic E-state index is 5.62. The van der Waals surface area contributed by atoms with Crippen molar-refractivity contribution in [3.05, 3.63) is 34.4 Å². The molecule has 0 radical (unpaired) electrons. The number of fused-ring (bicyclic) bond motifs is 3. The predicted octanol–water partition coefficient (Wildman–Crippen LogP) is 2.57. The molecule has 0 N–H and O–H groups in total. The summed E-state index contributed by atoms with van der Waals surface area (Å²) in [5.74, 6) is 0. The summed E-state index contributed by atoms with van der Waals surface area (Å²) in [5, 5.41) is 0. The van der Waals surface area contributed by atoms with Gasteiger partial charge in [0.05, 0.1) is 19.8 Å². The molecule has 0 aromatic heterocycles. The zero-order valence-electron chi connectivity index (χ0n) is 8.92. The number of hydrogen-bond acceptors (Lipinski definition) is 2. The van der Waals surface area contributed by atoms with Gasteiger partial charge in [-0.3, -0.25) is 0 Å². The SMILES string of the molecule is c1cc2c(c3c1COCCCC3)COC2. The highest BCUT2D eigenvalue weighted by molar-refractivity contribution is 5.42. The van der Waals surface area contributed by atoms with Crippen LogP contribution in [0.3, 0.4) is 0 Å². The maximum atomic E-state index is 5.62. The zero-order valence-corrected chi connectivity index (χ0v) is 8.92. The van der Waals surface area contributed by atoms with Crippen LogP contribution in [-0.2, 0) is 35.7 Å². The molecule has 2 aliphatic rings. The second kappa shape index (κ2) is 3.95. The molecule has 0 bridgehead atoms. The highest BCUT2D eigenvalue weighted by Crippen LogP contribution is 2.29. The largest absolute Gasteiger partial charge is 0.377 e.